The smallest absolute Gasteiger partial charge is 0.0900 e. The molecular formula is C11H16N4S. The summed E-state index contributed by atoms with van der Waals surface area (Å²) in [7, 11) is 0. The van der Waals surface area contributed by atoms with Crippen LogP contribution in [0.2, 0.25) is 0 Å². The van der Waals surface area contributed by atoms with Gasteiger partial charge in [0.2, 0.25) is 0 Å². The molecule has 0 radical (unpaired) electrons. The molecule has 0 saturated carbocycles. The maximum Gasteiger partial charge on any atom is 0.0900 e. The Morgan fingerprint density at radius 3 is 2.88 bits per heavy atom. The molecule has 2 aromatic heterocycles. The van der Waals surface area contributed by atoms with Gasteiger partial charge in [0.15, 0.2) is 0 Å². The lowest BCUT2D eigenvalue weighted by Crippen LogP contribution is -2.17. The molecule has 0 bridgehead atoms. The molecule has 0 saturated heterocycles. The number of aromatic amines is 1. The van der Waals surface area contributed by atoms with Crippen LogP contribution in [-0.2, 0) is 6.54 Å². The van der Waals surface area contributed by atoms with Crippen LogP contribution in [0, 0.1) is 13.8 Å². The second kappa shape index (κ2) is 4.76. The Balaban J connectivity index is 1.98. The molecule has 2 heterocycles. The van der Waals surface area contributed by atoms with E-state index >= 15 is 0 Å². The molecule has 0 amide bonds. The van der Waals surface area contributed by atoms with Crippen molar-refractivity contribution in [1.82, 2.24) is 20.5 Å². The molecule has 0 aliphatic rings. The molecule has 0 fully saturated rings. The van der Waals surface area contributed by atoms with E-state index in [9.17, 15) is 0 Å². The zero-order chi connectivity index (χ0) is 11.5. The predicted molar refractivity (Wildman–Crippen MR) is 65.4 cm³/mol. The number of nitrogens with zero attached hydrogens (tertiary/aromatic N) is 2. The minimum absolute atomic E-state index is 0.334. The highest BCUT2D eigenvalue weighted by atomic mass is 32.1. The van der Waals surface area contributed by atoms with Crippen molar-refractivity contribution in [1.29, 1.82) is 0 Å². The lowest BCUT2D eigenvalue weighted by Gasteiger charge is -2.11. The van der Waals surface area contributed by atoms with Crippen LogP contribution in [0.1, 0.15) is 34.1 Å². The van der Waals surface area contributed by atoms with Crippen molar-refractivity contribution in [2.45, 2.75) is 33.4 Å². The molecule has 1 atom stereocenters. The number of hydrogen-bond donors (Lipinski definition) is 2. The normalized spacial score (nSPS) is 12.9. The zero-order valence-electron chi connectivity index (χ0n) is 9.74. The minimum Gasteiger partial charge on any atom is -0.305 e. The lowest BCUT2D eigenvalue weighted by atomic mass is 10.2. The van der Waals surface area contributed by atoms with Crippen molar-refractivity contribution in [3.8, 4) is 0 Å². The zero-order valence-corrected chi connectivity index (χ0v) is 10.6. The summed E-state index contributed by atoms with van der Waals surface area (Å²) in [5.41, 5.74) is 2.31. The molecule has 0 aliphatic heterocycles. The quantitative estimate of drug-likeness (QED) is 0.856. The molecule has 5 heteroatoms. The Morgan fingerprint density at radius 1 is 1.50 bits per heavy atom. The highest BCUT2D eigenvalue weighted by Gasteiger charge is 2.12. The number of H-pyrrole nitrogens is 1. The molecule has 0 spiro atoms. The molecule has 4 nitrogen and oxygen atoms in total. The Labute approximate surface area is 99.1 Å². The Kier molecular flexibility index (Phi) is 3.36. The van der Waals surface area contributed by atoms with E-state index in [1.807, 2.05) is 19.3 Å². The first-order chi connectivity index (χ1) is 7.66. The van der Waals surface area contributed by atoms with E-state index in [-0.39, 0.29) is 0 Å². The van der Waals surface area contributed by atoms with Gasteiger partial charge in [0, 0.05) is 29.2 Å². The topological polar surface area (TPSA) is 53.6 Å². The van der Waals surface area contributed by atoms with E-state index in [4.69, 9.17) is 0 Å². The molecule has 2 aromatic rings. The van der Waals surface area contributed by atoms with Gasteiger partial charge in [-0.2, -0.15) is 5.10 Å². The minimum atomic E-state index is 0.334. The van der Waals surface area contributed by atoms with Gasteiger partial charge in [-0.05, 0) is 20.8 Å². The maximum atomic E-state index is 4.44. The van der Waals surface area contributed by atoms with Crippen LogP contribution < -0.4 is 5.32 Å². The highest BCUT2D eigenvalue weighted by molar-refractivity contribution is 7.11. The van der Waals surface area contributed by atoms with Crippen LogP contribution in [0.15, 0.2) is 12.4 Å². The van der Waals surface area contributed by atoms with Gasteiger partial charge < -0.3 is 5.32 Å². The summed E-state index contributed by atoms with van der Waals surface area (Å²) < 4.78 is 0. The summed E-state index contributed by atoms with van der Waals surface area (Å²) in [5.74, 6) is 0. The van der Waals surface area contributed by atoms with Crippen molar-refractivity contribution in [3.05, 3.63) is 33.5 Å². The first-order valence-corrected chi connectivity index (χ1v) is 6.13. The van der Waals surface area contributed by atoms with Gasteiger partial charge in [-0.25, -0.2) is 4.98 Å². The van der Waals surface area contributed by atoms with Gasteiger partial charge >= 0.3 is 0 Å². The van der Waals surface area contributed by atoms with Crippen LogP contribution in [0.5, 0.6) is 0 Å². The summed E-state index contributed by atoms with van der Waals surface area (Å²) in [5, 5.41) is 11.3. The summed E-state index contributed by atoms with van der Waals surface area (Å²) in [6.07, 6.45) is 3.75. The first kappa shape index (κ1) is 11.3. The third-order valence-corrected chi connectivity index (χ3v) is 3.76. The first-order valence-electron chi connectivity index (χ1n) is 5.32. The van der Waals surface area contributed by atoms with Gasteiger partial charge in [0.25, 0.3) is 0 Å². The van der Waals surface area contributed by atoms with Crippen molar-refractivity contribution >= 4 is 11.3 Å². The van der Waals surface area contributed by atoms with E-state index in [0.717, 1.165) is 17.2 Å². The van der Waals surface area contributed by atoms with Gasteiger partial charge in [0.1, 0.15) is 0 Å². The maximum absolute atomic E-state index is 4.44. The third kappa shape index (κ3) is 2.48. The monoisotopic (exact) mass is 236 g/mol. The van der Waals surface area contributed by atoms with Crippen LogP contribution in [0.25, 0.3) is 0 Å². The molecular weight excluding hydrogens is 220 g/mol. The van der Waals surface area contributed by atoms with E-state index in [2.05, 4.69) is 34.3 Å². The van der Waals surface area contributed by atoms with Crippen molar-refractivity contribution in [3.63, 3.8) is 0 Å². The summed E-state index contributed by atoms with van der Waals surface area (Å²) in [4.78, 5) is 5.76. The van der Waals surface area contributed by atoms with E-state index < -0.39 is 0 Å². The number of aryl methyl sites for hydroxylation is 2. The van der Waals surface area contributed by atoms with Crippen molar-refractivity contribution < 1.29 is 0 Å². The van der Waals surface area contributed by atoms with Crippen molar-refractivity contribution in [2.24, 2.45) is 0 Å². The van der Waals surface area contributed by atoms with Gasteiger partial charge in [-0.15, -0.1) is 11.3 Å². The molecule has 86 valence electrons. The van der Waals surface area contributed by atoms with E-state index in [1.165, 1.54) is 10.4 Å². The fourth-order valence-corrected chi connectivity index (χ4v) is 2.64. The van der Waals surface area contributed by atoms with Crippen molar-refractivity contribution in [2.75, 3.05) is 0 Å². The Bertz CT molecular complexity index is 447. The fourth-order valence-electron chi connectivity index (χ4n) is 1.69. The van der Waals surface area contributed by atoms with Gasteiger partial charge in [-0.1, -0.05) is 0 Å². The van der Waals surface area contributed by atoms with Gasteiger partial charge in [-0.3, -0.25) is 5.10 Å². The highest BCUT2D eigenvalue weighted by Crippen LogP contribution is 2.24. The lowest BCUT2D eigenvalue weighted by molar-refractivity contribution is 0.579. The summed E-state index contributed by atoms with van der Waals surface area (Å²) >= 11 is 1.76. The Morgan fingerprint density at radius 2 is 2.31 bits per heavy atom. The second-order valence-electron chi connectivity index (χ2n) is 3.89. The van der Waals surface area contributed by atoms with Crippen LogP contribution in [-0.4, -0.2) is 15.2 Å². The standard InChI is InChI=1S/C11H16N4S/c1-7(11-8(2)15-9(3)16-11)12-4-10-5-13-14-6-10/h5-7,12H,4H2,1-3H3,(H,13,14). The third-order valence-electron chi connectivity index (χ3n) is 2.50. The molecule has 1 unspecified atom stereocenters. The number of thiazole rings is 1. The number of nitrogens with one attached hydrogen (secondary N) is 2. The Hall–Kier alpha value is -1.20. The summed E-state index contributed by atoms with van der Waals surface area (Å²) in [6, 6.07) is 0.334. The number of hydrogen-bond acceptors (Lipinski definition) is 4. The van der Waals surface area contributed by atoms with E-state index in [0.29, 0.717) is 6.04 Å². The summed E-state index contributed by atoms with van der Waals surface area (Å²) in [6.45, 7) is 7.10. The second-order valence-corrected chi connectivity index (χ2v) is 5.13. The van der Waals surface area contributed by atoms with Crippen LogP contribution >= 0.6 is 11.3 Å². The molecule has 2 N–H and O–H groups in total. The molecule has 2 rings (SSSR count). The fraction of sp³-hybridized carbons (Fsp3) is 0.455. The van der Waals surface area contributed by atoms with E-state index in [1.54, 1.807) is 11.3 Å². The number of rotatable bonds is 4. The predicted octanol–water partition coefficient (Wildman–Crippen LogP) is 2.33. The SMILES string of the molecule is Cc1nc(C)c(C(C)NCc2cn[nH]c2)s1. The van der Waals surface area contributed by atoms with Crippen LogP contribution in [0.4, 0.5) is 0 Å². The molecule has 16 heavy (non-hydrogen) atoms. The van der Waals surface area contributed by atoms with Crippen LogP contribution in [0.3, 0.4) is 0 Å². The molecule has 0 aliphatic carbocycles. The average Bonchev–Trinajstić information content (AvgIpc) is 2.84. The largest absolute Gasteiger partial charge is 0.305 e. The van der Waals surface area contributed by atoms with Gasteiger partial charge in [0.05, 0.1) is 16.9 Å². The number of aromatic nitrogens is 3. The molecule has 0 aromatic carbocycles. The average molecular weight is 236 g/mol.